The van der Waals surface area contributed by atoms with Gasteiger partial charge >= 0.3 is 0 Å². The number of para-hydroxylation sites is 2. The molecular formula is C16H14ClNO3. The number of halogens is 1. The summed E-state index contributed by atoms with van der Waals surface area (Å²) >= 11 is 5.90. The molecule has 0 spiro atoms. The first kappa shape index (κ1) is 13.8. The second-order valence-corrected chi connectivity index (χ2v) is 5.24. The fourth-order valence-electron chi connectivity index (χ4n) is 2.19. The maximum atomic E-state index is 12.3. The minimum absolute atomic E-state index is 0.265. The first-order valence-corrected chi connectivity index (χ1v) is 7.00. The third-order valence-electron chi connectivity index (χ3n) is 3.19. The van der Waals surface area contributed by atoms with Crippen molar-refractivity contribution >= 4 is 23.2 Å². The molecule has 0 fully saturated rings. The van der Waals surface area contributed by atoms with Gasteiger partial charge in [0.05, 0.1) is 0 Å². The van der Waals surface area contributed by atoms with Gasteiger partial charge in [-0.05, 0) is 37.3 Å². The van der Waals surface area contributed by atoms with Gasteiger partial charge in [0.25, 0.3) is 5.91 Å². The Morgan fingerprint density at radius 1 is 1.10 bits per heavy atom. The molecule has 0 saturated carbocycles. The summed E-state index contributed by atoms with van der Waals surface area (Å²) in [4.78, 5) is 12.3. The van der Waals surface area contributed by atoms with Crippen LogP contribution in [0.2, 0.25) is 5.02 Å². The van der Waals surface area contributed by atoms with Gasteiger partial charge in [0.2, 0.25) is 6.10 Å². The molecule has 0 radical (unpaired) electrons. The van der Waals surface area contributed by atoms with Crippen molar-refractivity contribution in [2.75, 3.05) is 5.32 Å². The Balaban J connectivity index is 1.76. The lowest BCUT2D eigenvalue weighted by molar-refractivity contribution is -0.128. The van der Waals surface area contributed by atoms with Gasteiger partial charge in [0.1, 0.15) is 6.10 Å². The Kier molecular flexibility index (Phi) is 3.71. The molecule has 1 N–H and O–H groups in total. The summed E-state index contributed by atoms with van der Waals surface area (Å²) in [6.07, 6.45) is -1.09. The molecule has 1 aliphatic rings. The molecule has 3 rings (SSSR count). The minimum Gasteiger partial charge on any atom is -0.482 e. The molecule has 1 amide bonds. The van der Waals surface area contributed by atoms with E-state index in [-0.39, 0.29) is 12.0 Å². The largest absolute Gasteiger partial charge is 0.482 e. The number of carbonyl (C=O) groups is 1. The Hall–Kier alpha value is -2.20. The average Bonchev–Trinajstić information content (AvgIpc) is 2.46. The molecule has 1 aliphatic heterocycles. The first-order valence-electron chi connectivity index (χ1n) is 6.62. The van der Waals surface area contributed by atoms with Gasteiger partial charge in [-0.15, -0.1) is 0 Å². The normalized spacial score (nSPS) is 19.9. The maximum absolute atomic E-state index is 12.3. The van der Waals surface area contributed by atoms with Crippen molar-refractivity contribution < 1.29 is 14.3 Å². The third kappa shape index (κ3) is 2.95. The zero-order valence-electron chi connectivity index (χ0n) is 11.4. The highest BCUT2D eigenvalue weighted by molar-refractivity contribution is 6.30. The third-order valence-corrected chi connectivity index (χ3v) is 3.43. The SMILES string of the molecule is C[C@H]1Oc2ccccc2O[C@@H]1C(=O)Nc1cccc(Cl)c1. The van der Waals surface area contributed by atoms with E-state index in [9.17, 15) is 4.79 Å². The van der Waals surface area contributed by atoms with Crippen molar-refractivity contribution in [3.63, 3.8) is 0 Å². The number of benzene rings is 2. The minimum atomic E-state index is -0.709. The molecule has 0 aromatic heterocycles. The second kappa shape index (κ2) is 5.66. The van der Waals surface area contributed by atoms with Gasteiger partial charge < -0.3 is 14.8 Å². The van der Waals surface area contributed by atoms with Crippen molar-refractivity contribution in [3.8, 4) is 11.5 Å². The molecular weight excluding hydrogens is 290 g/mol. The van der Waals surface area contributed by atoms with Crippen molar-refractivity contribution in [1.82, 2.24) is 0 Å². The van der Waals surface area contributed by atoms with E-state index in [0.29, 0.717) is 22.2 Å². The highest BCUT2D eigenvalue weighted by atomic mass is 35.5. The highest BCUT2D eigenvalue weighted by Gasteiger charge is 2.34. The number of hydrogen-bond donors (Lipinski definition) is 1. The van der Waals surface area contributed by atoms with E-state index >= 15 is 0 Å². The number of nitrogens with one attached hydrogen (secondary N) is 1. The molecule has 1 heterocycles. The standard InChI is InChI=1S/C16H14ClNO3/c1-10-15(21-14-8-3-2-7-13(14)20-10)16(19)18-12-6-4-5-11(17)9-12/h2-10,15H,1H3,(H,18,19)/t10-,15+/m1/s1. The fraction of sp³-hybridized carbons (Fsp3) is 0.188. The van der Waals surface area contributed by atoms with E-state index in [1.54, 1.807) is 37.3 Å². The summed E-state index contributed by atoms with van der Waals surface area (Å²) in [5, 5.41) is 3.35. The number of hydrogen-bond acceptors (Lipinski definition) is 3. The van der Waals surface area contributed by atoms with E-state index in [2.05, 4.69) is 5.32 Å². The molecule has 0 bridgehead atoms. The Labute approximate surface area is 127 Å². The molecule has 0 unspecified atom stereocenters. The number of amides is 1. The van der Waals surface area contributed by atoms with Crippen LogP contribution in [0, 0.1) is 0 Å². The monoisotopic (exact) mass is 303 g/mol. The van der Waals surface area contributed by atoms with Crippen LogP contribution < -0.4 is 14.8 Å². The van der Waals surface area contributed by atoms with E-state index in [1.165, 1.54) is 0 Å². The van der Waals surface area contributed by atoms with E-state index in [4.69, 9.17) is 21.1 Å². The Bertz CT molecular complexity index is 674. The summed E-state index contributed by atoms with van der Waals surface area (Å²) in [5.41, 5.74) is 0.627. The zero-order chi connectivity index (χ0) is 14.8. The van der Waals surface area contributed by atoms with Crippen molar-refractivity contribution in [2.45, 2.75) is 19.1 Å². The predicted molar refractivity (Wildman–Crippen MR) is 81.0 cm³/mol. The van der Waals surface area contributed by atoms with Crippen LogP contribution in [0.5, 0.6) is 11.5 Å². The summed E-state index contributed by atoms with van der Waals surface area (Å²) in [6.45, 7) is 1.80. The predicted octanol–water partition coefficient (Wildman–Crippen LogP) is 3.51. The smallest absolute Gasteiger partial charge is 0.269 e. The van der Waals surface area contributed by atoms with Crippen LogP contribution in [-0.2, 0) is 4.79 Å². The van der Waals surface area contributed by atoms with Gasteiger partial charge in [0.15, 0.2) is 11.5 Å². The number of rotatable bonds is 2. The molecule has 4 nitrogen and oxygen atoms in total. The molecule has 5 heteroatoms. The van der Waals surface area contributed by atoms with E-state index in [1.807, 2.05) is 18.2 Å². The molecule has 0 aliphatic carbocycles. The molecule has 0 saturated heterocycles. The zero-order valence-corrected chi connectivity index (χ0v) is 12.1. The lowest BCUT2D eigenvalue weighted by Crippen LogP contribution is -2.46. The summed E-state index contributed by atoms with van der Waals surface area (Å²) in [5.74, 6) is 0.956. The van der Waals surface area contributed by atoms with Gasteiger partial charge in [-0.1, -0.05) is 29.8 Å². The number of fused-ring (bicyclic) bond motifs is 1. The van der Waals surface area contributed by atoms with E-state index in [0.717, 1.165) is 0 Å². The number of anilines is 1. The van der Waals surface area contributed by atoms with Crippen LogP contribution in [-0.4, -0.2) is 18.1 Å². The maximum Gasteiger partial charge on any atom is 0.269 e. The van der Waals surface area contributed by atoms with Crippen LogP contribution >= 0.6 is 11.6 Å². The fourth-order valence-corrected chi connectivity index (χ4v) is 2.38. The highest BCUT2D eigenvalue weighted by Crippen LogP contribution is 2.33. The van der Waals surface area contributed by atoms with Crippen LogP contribution in [0.15, 0.2) is 48.5 Å². The van der Waals surface area contributed by atoms with Crippen LogP contribution in [0.4, 0.5) is 5.69 Å². The van der Waals surface area contributed by atoms with Crippen molar-refractivity contribution in [1.29, 1.82) is 0 Å². The lowest BCUT2D eigenvalue weighted by Gasteiger charge is -2.31. The molecule has 108 valence electrons. The summed E-state index contributed by atoms with van der Waals surface area (Å²) in [7, 11) is 0. The van der Waals surface area contributed by atoms with Gasteiger partial charge in [-0.3, -0.25) is 4.79 Å². The average molecular weight is 304 g/mol. The molecule has 2 atom stereocenters. The van der Waals surface area contributed by atoms with E-state index < -0.39 is 6.10 Å². The van der Waals surface area contributed by atoms with Gasteiger partial charge in [-0.2, -0.15) is 0 Å². The van der Waals surface area contributed by atoms with Crippen molar-refractivity contribution in [3.05, 3.63) is 53.6 Å². The Morgan fingerprint density at radius 2 is 1.81 bits per heavy atom. The van der Waals surface area contributed by atoms with Crippen LogP contribution in [0.25, 0.3) is 0 Å². The lowest BCUT2D eigenvalue weighted by atomic mass is 10.1. The van der Waals surface area contributed by atoms with Gasteiger partial charge in [0, 0.05) is 10.7 Å². The first-order chi connectivity index (χ1) is 10.1. The summed E-state index contributed by atoms with van der Waals surface area (Å²) in [6, 6.07) is 14.3. The topological polar surface area (TPSA) is 47.6 Å². The summed E-state index contributed by atoms with van der Waals surface area (Å²) < 4.78 is 11.5. The van der Waals surface area contributed by atoms with Gasteiger partial charge in [-0.25, -0.2) is 0 Å². The number of ether oxygens (including phenoxy) is 2. The van der Waals surface area contributed by atoms with Crippen LogP contribution in [0.1, 0.15) is 6.92 Å². The second-order valence-electron chi connectivity index (χ2n) is 4.81. The quantitative estimate of drug-likeness (QED) is 0.923. The Morgan fingerprint density at radius 3 is 2.52 bits per heavy atom. The molecule has 2 aromatic carbocycles. The van der Waals surface area contributed by atoms with Crippen LogP contribution in [0.3, 0.4) is 0 Å². The number of carbonyl (C=O) groups excluding carboxylic acids is 1. The van der Waals surface area contributed by atoms with Crippen molar-refractivity contribution in [2.24, 2.45) is 0 Å². The molecule has 21 heavy (non-hydrogen) atoms. The molecule has 2 aromatic rings.